The van der Waals surface area contributed by atoms with Crippen molar-refractivity contribution in [2.75, 3.05) is 5.32 Å². The molecule has 0 aliphatic carbocycles. The van der Waals surface area contributed by atoms with Crippen molar-refractivity contribution in [3.8, 4) is 0 Å². The molecular formula is C12H8ClF3N2O2S. The Kier molecular flexibility index (Phi) is 4.38. The molecule has 0 aliphatic heterocycles. The first-order chi connectivity index (χ1) is 9.75. The summed E-state index contributed by atoms with van der Waals surface area (Å²) in [6.45, 7) is 0.0986. The van der Waals surface area contributed by atoms with E-state index >= 15 is 0 Å². The highest BCUT2D eigenvalue weighted by atomic mass is 35.5. The Bertz CT molecular complexity index is 673. The van der Waals surface area contributed by atoms with Crippen LogP contribution in [0.4, 0.5) is 18.9 Å². The lowest BCUT2D eigenvalue weighted by atomic mass is 10.2. The number of alkyl halides is 3. The van der Waals surface area contributed by atoms with Crippen molar-refractivity contribution < 1.29 is 23.1 Å². The zero-order valence-electron chi connectivity index (χ0n) is 10.2. The molecule has 0 fully saturated rings. The van der Waals surface area contributed by atoms with Crippen molar-refractivity contribution in [1.82, 2.24) is 4.98 Å². The Balaban J connectivity index is 2.12. The number of hydrogen-bond donors (Lipinski definition) is 2. The van der Waals surface area contributed by atoms with Crippen LogP contribution in [-0.2, 0) is 12.7 Å². The first-order valence-electron chi connectivity index (χ1n) is 5.55. The molecule has 2 aromatic rings. The number of rotatable bonds is 4. The average molecular weight is 337 g/mol. The van der Waals surface area contributed by atoms with Crippen LogP contribution >= 0.6 is 22.9 Å². The summed E-state index contributed by atoms with van der Waals surface area (Å²) in [6.07, 6.45) is -4.49. The Morgan fingerprint density at radius 3 is 2.67 bits per heavy atom. The summed E-state index contributed by atoms with van der Waals surface area (Å²) in [7, 11) is 0. The maximum Gasteiger partial charge on any atom is 0.416 e. The normalized spacial score (nSPS) is 11.4. The molecule has 1 heterocycles. The van der Waals surface area contributed by atoms with Gasteiger partial charge in [0.2, 0.25) is 5.01 Å². The van der Waals surface area contributed by atoms with E-state index in [0.29, 0.717) is 5.69 Å². The highest BCUT2D eigenvalue weighted by Gasteiger charge is 2.31. The number of benzene rings is 1. The fourth-order valence-electron chi connectivity index (χ4n) is 1.53. The highest BCUT2D eigenvalue weighted by molar-refractivity contribution is 7.11. The molecule has 21 heavy (non-hydrogen) atoms. The standard InChI is InChI=1S/C12H8ClF3N2O2S/c13-7-1-6(12(14,15)16)2-8(3-7)17-4-9-5-21-10(18-9)11(19)20/h1-3,5,17H,4H2,(H,19,20). The first-order valence-corrected chi connectivity index (χ1v) is 6.81. The SMILES string of the molecule is O=C(O)c1nc(CNc2cc(Cl)cc(C(F)(F)F)c2)cs1. The second-order valence-electron chi connectivity index (χ2n) is 4.03. The van der Waals surface area contributed by atoms with E-state index in [1.165, 1.54) is 11.4 Å². The monoisotopic (exact) mass is 336 g/mol. The number of carboxylic acids is 1. The minimum absolute atomic E-state index is 0.0446. The molecule has 0 bridgehead atoms. The van der Waals surface area contributed by atoms with E-state index in [0.717, 1.165) is 23.5 Å². The van der Waals surface area contributed by atoms with Gasteiger partial charge < -0.3 is 10.4 Å². The van der Waals surface area contributed by atoms with Gasteiger partial charge in [-0.1, -0.05) is 11.6 Å². The molecule has 112 valence electrons. The largest absolute Gasteiger partial charge is 0.476 e. The van der Waals surface area contributed by atoms with Crippen molar-refractivity contribution in [2.45, 2.75) is 12.7 Å². The molecule has 0 amide bonds. The van der Waals surface area contributed by atoms with E-state index in [1.54, 1.807) is 0 Å². The Morgan fingerprint density at radius 1 is 1.38 bits per heavy atom. The fraction of sp³-hybridized carbons (Fsp3) is 0.167. The molecule has 1 aromatic heterocycles. The molecule has 0 saturated carbocycles. The van der Waals surface area contributed by atoms with Crippen LogP contribution in [0.3, 0.4) is 0 Å². The number of aromatic nitrogens is 1. The molecular weight excluding hydrogens is 329 g/mol. The van der Waals surface area contributed by atoms with E-state index in [1.807, 2.05) is 0 Å². The molecule has 0 aliphatic rings. The van der Waals surface area contributed by atoms with Gasteiger partial charge in [-0.05, 0) is 18.2 Å². The summed E-state index contributed by atoms with van der Waals surface area (Å²) < 4.78 is 37.9. The van der Waals surface area contributed by atoms with Gasteiger partial charge in [0.1, 0.15) is 0 Å². The van der Waals surface area contributed by atoms with Crippen LogP contribution in [0.15, 0.2) is 23.6 Å². The maximum absolute atomic E-state index is 12.6. The summed E-state index contributed by atoms with van der Waals surface area (Å²) in [4.78, 5) is 14.5. The van der Waals surface area contributed by atoms with Gasteiger partial charge in [-0.15, -0.1) is 11.3 Å². The third-order valence-electron chi connectivity index (χ3n) is 2.43. The number of nitrogens with zero attached hydrogens (tertiary/aromatic N) is 1. The van der Waals surface area contributed by atoms with Gasteiger partial charge in [0, 0.05) is 16.1 Å². The molecule has 2 rings (SSSR count). The zero-order chi connectivity index (χ0) is 15.6. The van der Waals surface area contributed by atoms with E-state index in [4.69, 9.17) is 16.7 Å². The second kappa shape index (κ2) is 5.90. The van der Waals surface area contributed by atoms with E-state index in [9.17, 15) is 18.0 Å². The minimum atomic E-state index is -4.49. The van der Waals surface area contributed by atoms with Crippen LogP contribution in [0.2, 0.25) is 5.02 Å². The Morgan fingerprint density at radius 2 is 2.10 bits per heavy atom. The fourth-order valence-corrected chi connectivity index (χ4v) is 2.42. The second-order valence-corrected chi connectivity index (χ2v) is 5.32. The Labute approximate surface area is 126 Å². The van der Waals surface area contributed by atoms with Gasteiger partial charge in [-0.3, -0.25) is 0 Å². The smallest absolute Gasteiger partial charge is 0.416 e. The maximum atomic E-state index is 12.6. The van der Waals surface area contributed by atoms with E-state index < -0.39 is 17.7 Å². The van der Waals surface area contributed by atoms with Crippen LogP contribution in [0.1, 0.15) is 21.1 Å². The van der Waals surface area contributed by atoms with Gasteiger partial charge in [0.15, 0.2) is 0 Å². The number of thiazole rings is 1. The van der Waals surface area contributed by atoms with E-state index in [2.05, 4.69) is 10.3 Å². The number of halogens is 4. The summed E-state index contributed by atoms with van der Waals surface area (Å²) >= 11 is 6.60. The summed E-state index contributed by atoms with van der Waals surface area (Å²) in [5.74, 6) is -1.15. The van der Waals surface area contributed by atoms with Crippen LogP contribution in [0, 0.1) is 0 Å². The molecule has 0 saturated heterocycles. The minimum Gasteiger partial charge on any atom is -0.476 e. The molecule has 0 atom stereocenters. The van der Waals surface area contributed by atoms with Crippen LogP contribution in [0.5, 0.6) is 0 Å². The lowest BCUT2D eigenvalue weighted by molar-refractivity contribution is -0.137. The predicted octanol–water partition coefficient (Wildman–Crippen LogP) is 4.13. The van der Waals surface area contributed by atoms with E-state index in [-0.39, 0.29) is 22.3 Å². The number of carbonyl (C=O) groups is 1. The number of carboxylic acid groups (broad SMARTS) is 1. The van der Waals surface area contributed by atoms with Crippen molar-refractivity contribution in [3.63, 3.8) is 0 Å². The third-order valence-corrected chi connectivity index (χ3v) is 3.53. The van der Waals surface area contributed by atoms with Crippen molar-refractivity contribution >= 4 is 34.6 Å². The van der Waals surface area contributed by atoms with Crippen LogP contribution < -0.4 is 5.32 Å². The molecule has 4 nitrogen and oxygen atoms in total. The highest BCUT2D eigenvalue weighted by Crippen LogP contribution is 2.33. The van der Waals surface area contributed by atoms with Crippen molar-refractivity contribution in [3.05, 3.63) is 44.9 Å². The van der Waals surface area contributed by atoms with Gasteiger partial charge in [-0.2, -0.15) is 13.2 Å². The first kappa shape index (κ1) is 15.6. The predicted molar refractivity (Wildman–Crippen MR) is 72.9 cm³/mol. The quantitative estimate of drug-likeness (QED) is 0.881. The van der Waals surface area contributed by atoms with Crippen LogP contribution in [0.25, 0.3) is 0 Å². The molecule has 2 N–H and O–H groups in total. The molecule has 0 spiro atoms. The summed E-state index contributed by atoms with van der Waals surface area (Å²) in [5.41, 5.74) is -0.257. The van der Waals surface area contributed by atoms with Crippen molar-refractivity contribution in [2.24, 2.45) is 0 Å². The number of nitrogens with one attached hydrogen (secondary N) is 1. The number of anilines is 1. The number of aromatic carboxylic acids is 1. The lowest BCUT2D eigenvalue weighted by Gasteiger charge is -2.11. The number of hydrogen-bond acceptors (Lipinski definition) is 4. The molecule has 1 aromatic carbocycles. The third kappa shape index (κ3) is 4.08. The van der Waals surface area contributed by atoms with Crippen LogP contribution in [-0.4, -0.2) is 16.1 Å². The summed E-state index contributed by atoms with van der Waals surface area (Å²) in [5, 5.41) is 12.9. The summed E-state index contributed by atoms with van der Waals surface area (Å²) in [6, 6.07) is 3.11. The average Bonchev–Trinajstić information content (AvgIpc) is 2.83. The molecule has 0 radical (unpaired) electrons. The lowest BCUT2D eigenvalue weighted by Crippen LogP contribution is -2.07. The van der Waals surface area contributed by atoms with Gasteiger partial charge >= 0.3 is 12.1 Å². The molecule has 0 unspecified atom stereocenters. The van der Waals surface area contributed by atoms with Gasteiger partial charge in [0.05, 0.1) is 17.8 Å². The van der Waals surface area contributed by atoms with Gasteiger partial charge in [-0.25, -0.2) is 9.78 Å². The van der Waals surface area contributed by atoms with Gasteiger partial charge in [0.25, 0.3) is 0 Å². The zero-order valence-corrected chi connectivity index (χ0v) is 11.8. The topological polar surface area (TPSA) is 62.2 Å². The Hall–Kier alpha value is -1.80. The van der Waals surface area contributed by atoms with Crippen molar-refractivity contribution in [1.29, 1.82) is 0 Å². The molecule has 9 heteroatoms.